The van der Waals surface area contributed by atoms with Gasteiger partial charge in [0.15, 0.2) is 5.75 Å². The van der Waals surface area contributed by atoms with E-state index in [0.29, 0.717) is 12.3 Å². The van der Waals surface area contributed by atoms with Crippen LogP contribution in [0.15, 0.2) is 9.59 Å². The standard InChI is InChI=1S/C19H33NO3/c1-4-7-9-10-11-12-13-15(6-3)20-16-17(21)18(22)19(16)23-14-8-5-2/h15,20H,4-14H2,1-3H3. The van der Waals surface area contributed by atoms with Crippen LogP contribution < -0.4 is 20.9 Å². The van der Waals surface area contributed by atoms with Gasteiger partial charge in [-0.2, -0.15) is 0 Å². The van der Waals surface area contributed by atoms with Crippen molar-refractivity contribution >= 4 is 5.69 Å². The Labute approximate surface area is 140 Å². The van der Waals surface area contributed by atoms with Crippen LogP contribution in [0.5, 0.6) is 5.75 Å². The molecule has 1 rings (SSSR count). The van der Waals surface area contributed by atoms with Crippen molar-refractivity contribution in [3.63, 3.8) is 0 Å². The van der Waals surface area contributed by atoms with Crippen molar-refractivity contribution in [2.45, 2.75) is 91.0 Å². The zero-order chi connectivity index (χ0) is 17.1. The van der Waals surface area contributed by atoms with Gasteiger partial charge in [-0.15, -0.1) is 0 Å². The van der Waals surface area contributed by atoms with E-state index in [-0.39, 0.29) is 11.8 Å². The van der Waals surface area contributed by atoms with Gasteiger partial charge in [0.1, 0.15) is 5.69 Å². The molecule has 4 nitrogen and oxygen atoms in total. The molecule has 0 bridgehead atoms. The third-order valence-corrected chi connectivity index (χ3v) is 4.36. The molecule has 0 aliphatic carbocycles. The van der Waals surface area contributed by atoms with Gasteiger partial charge in [-0.3, -0.25) is 9.59 Å². The van der Waals surface area contributed by atoms with E-state index in [1.807, 2.05) is 0 Å². The molecule has 0 fully saturated rings. The normalized spacial score (nSPS) is 12.5. The maximum atomic E-state index is 11.8. The van der Waals surface area contributed by atoms with Crippen LogP contribution in [0, 0.1) is 0 Å². The highest BCUT2D eigenvalue weighted by atomic mass is 16.5. The number of rotatable bonds is 14. The number of nitrogens with one attached hydrogen (secondary N) is 1. The molecule has 1 atom stereocenters. The molecule has 0 saturated heterocycles. The Bertz CT molecular complexity index is 503. The van der Waals surface area contributed by atoms with Crippen molar-refractivity contribution in [2.24, 2.45) is 0 Å². The Morgan fingerprint density at radius 1 is 0.870 bits per heavy atom. The van der Waals surface area contributed by atoms with Crippen molar-refractivity contribution in [3.05, 3.63) is 20.4 Å². The van der Waals surface area contributed by atoms with Gasteiger partial charge in [0.2, 0.25) is 0 Å². The Balaban J connectivity index is 2.41. The van der Waals surface area contributed by atoms with Crippen LogP contribution in [-0.4, -0.2) is 12.6 Å². The molecule has 4 heteroatoms. The van der Waals surface area contributed by atoms with E-state index in [1.165, 1.54) is 32.1 Å². The summed E-state index contributed by atoms with van der Waals surface area (Å²) in [5.41, 5.74) is -0.486. The molecule has 23 heavy (non-hydrogen) atoms. The molecule has 132 valence electrons. The first-order valence-electron chi connectivity index (χ1n) is 9.38. The number of ether oxygens (including phenoxy) is 1. The fraction of sp³-hybridized carbons (Fsp3) is 0.789. The number of hydrogen-bond donors (Lipinski definition) is 1. The molecule has 1 N–H and O–H groups in total. The fourth-order valence-corrected chi connectivity index (χ4v) is 2.71. The molecule has 0 amide bonds. The second kappa shape index (κ2) is 11.3. The summed E-state index contributed by atoms with van der Waals surface area (Å²) in [5.74, 6) is 0.254. The SMILES string of the molecule is CCCCCCCCC(CC)Nc1c(OCCCC)c(=O)c1=O. The van der Waals surface area contributed by atoms with Gasteiger partial charge in [0, 0.05) is 6.04 Å². The van der Waals surface area contributed by atoms with Crippen LogP contribution in [0.1, 0.15) is 85.0 Å². The quantitative estimate of drug-likeness (QED) is 0.407. The van der Waals surface area contributed by atoms with E-state index >= 15 is 0 Å². The maximum absolute atomic E-state index is 11.8. The molecule has 1 aromatic carbocycles. The van der Waals surface area contributed by atoms with Gasteiger partial charge in [-0.1, -0.05) is 65.7 Å². The summed E-state index contributed by atoms with van der Waals surface area (Å²) in [4.78, 5) is 23.4. The first kappa shape index (κ1) is 19.7. The Morgan fingerprint density at radius 3 is 2.17 bits per heavy atom. The lowest BCUT2D eigenvalue weighted by Crippen LogP contribution is -2.38. The van der Waals surface area contributed by atoms with Crippen LogP contribution in [-0.2, 0) is 0 Å². The Kier molecular flexibility index (Phi) is 9.65. The van der Waals surface area contributed by atoms with E-state index < -0.39 is 10.9 Å². The van der Waals surface area contributed by atoms with E-state index in [0.717, 1.165) is 32.1 Å². The Hall–Kier alpha value is -1.32. The molecule has 0 heterocycles. The predicted octanol–water partition coefficient (Wildman–Crippen LogP) is 4.40. The van der Waals surface area contributed by atoms with Gasteiger partial charge in [-0.25, -0.2) is 0 Å². The lowest BCUT2D eigenvalue weighted by Gasteiger charge is -2.21. The molecular weight excluding hydrogens is 290 g/mol. The summed E-state index contributed by atoms with van der Waals surface area (Å²) in [6.45, 7) is 6.91. The van der Waals surface area contributed by atoms with Gasteiger partial charge in [-0.05, 0) is 19.3 Å². The second-order valence-corrected chi connectivity index (χ2v) is 6.37. The minimum absolute atomic E-state index is 0.248. The van der Waals surface area contributed by atoms with E-state index in [2.05, 4.69) is 26.1 Å². The van der Waals surface area contributed by atoms with Crippen molar-refractivity contribution in [1.82, 2.24) is 0 Å². The lowest BCUT2D eigenvalue weighted by molar-refractivity contribution is 0.304. The zero-order valence-corrected chi connectivity index (χ0v) is 15.1. The number of anilines is 1. The monoisotopic (exact) mass is 323 g/mol. The summed E-state index contributed by atoms with van der Waals surface area (Å²) in [7, 11) is 0. The summed E-state index contributed by atoms with van der Waals surface area (Å²) >= 11 is 0. The average molecular weight is 323 g/mol. The third-order valence-electron chi connectivity index (χ3n) is 4.36. The second-order valence-electron chi connectivity index (χ2n) is 6.37. The molecule has 0 spiro atoms. The topological polar surface area (TPSA) is 55.4 Å². The van der Waals surface area contributed by atoms with Crippen LogP contribution in [0.3, 0.4) is 0 Å². The summed E-state index contributed by atoms with van der Waals surface area (Å²) in [6, 6.07) is 0.248. The largest absolute Gasteiger partial charge is 0.487 e. The van der Waals surface area contributed by atoms with Crippen molar-refractivity contribution in [1.29, 1.82) is 0 Å². The van der Waals surface area contributed by atoms with Crippen molar-refractivity contribution < 1.29 is 4.74 Å². The molecule has 0 saturated carbocycles. The van der Waals surface area contributed by atoms with Crippen molar-refractivity contribution in [2.75, 3.05) is 11.9 Å². The first-order valence-corrected chi connectivity index (χ1v) is 9.38. The molecule has 0 radical (unpaired) electrons. The first-order chi connectivity index (χ1) is 11.2. The summed E-state index contributed by atoms with van der Waals surface area (Å²) in [6.07, 6.45) is 11.5. The Morgan fingerprint density at radius 2 is 1.52 bits per heavy atom. The molecular formula is C19H33NO3. The maximum Gasteiger partial charge on any atom is 0.272 e. The fourth-order valence-electron chi connectivity index (χ4n) is 2.71. The zero-order valence-electron chi connectivity index (χ0n) is 15.1. The van der Waals surface area contributed by atoms with Crippen LogP contribution in [0.2, 0.25) is 0 Å². The van der Waals surface area contributed by atoms with E-state index in [9.17, 15) is 9.59 Å². The molecule has 1 aromatic rings. The average Bonchev–Trinajstić information content (AvgIpc) is 2.57. The van der Waals surface area contributed by atoms with Gasteiger partial charge >= 0.3 is 0 Å². The lowest BCUT2D eigenvalue weighted by atomic mass is 10.0. The van der Waals surface area contributed by atoms with Gasteiger partial charge in [0.25, 0.3) is 10.9 Å². The molecule has 0 aromatic heterocycles. The van der Waals surface area contributed by atoms with Crippen molar-refractivity contribution in [3.8, 4) is 5.75 Å². The number of hydrogen-bond acceptors (Lipinski definition) is 4. The molecule has 0 aliphatic rings. The smallest absolute Gasteiger partial charge is 0.272 e. The van der Waals surface area contributed by atoms with Crippen LogP contribution in [0.4, 0.5) is 5.69 Å². The highest BCUT2D eigenvalue weighted by Gasteiger charge is 2.24. The molecule has 0 aliphatic heterocycles. The minimum atomic E-state index is -0.474. The summed E-state index contributed by atoms with van der Waals surface area (Å²) < 4.78 is 5.48. The third kappa shape index (κ3) is 6.36. The van der Waals surface area contributed by atoms with Crippen LogP contribution in [0.25, 0.3) is 0 Å². The van der Waals surface area contributed by atoms with Crippen LogP contribution >= 0.6 is 0 Å². The minimum Gasteiger partial charge on any atom is -0.487 e. The summed E-state index contributed by atoms with van der Waals surface area (Å²) in [5, 5.41) is 3.25. The number of unbranched alkanes of at least 4 members (excludes halogenated alkanes) is 6. The van der Waals surface area contributed by atoms with E-state index in [1.54, 1.807) is 0 Å². The predicted molar refractivity (Wildman–Crippen MR) is 97.5 cm³/mol. The van der Waals surface area contributed by atoms with Gasteiger partial charge < -0.3 is 10.1 Å². The van der Waals surface area contributed by atoms with Gasteiger partial charge in [0.05, 0.1) is 6.61 Å². The highest BCUT2D eigenvalue weighted by Crippen LogP contribution is 2.21. The molecule has 1 unspecified atom stereocenters. The van der Waals surface area contributed by atoms with E-state index in [4.69, 9.17) is 4.74 Å². The highest BCUT2D eigenvalue weighted by molar-refractivity contribution is 5.62.